The third kappa shape index (κ3) is 4.68. The van der Waals surface area contributed by atoms with E-state index in [1.165, 1.54) is 38.5 Å². The Morgan fingerprint density at radius 1 is 0.488 bits per heavy atom. The third-order valence-electron chi connectivity index (χ3n) is 8.27. The van der Waals surface area contributed by atoms with Crippen LogP contribution in [-0.4, -0.2) is 10.4 Å². The molecule has 2 N–H and O–H groups in total. The first-order valence-electron chi connectivity index (χ1n) is 14.7. The minimum absolute atomic E-state index is 0.0767. The van der Waals surface area contributed by atoms with Crippen LogP contribution in [0.3, 0.4) is 0 Å². The molecular weight excluding hydrogens is 524 g/mol. The van der Waals surface area contributed by atoms with Crippen molar-refractivity contribution in [2.75, 3.05) is 0 Å². The predicted molar refractivity (Wildman–Crippen MR) is 177 cm³/mol. The number of rotatable bonds is 5. The Morgan fingerprint density at radius 3 is 1.93 bits per heavy atom. The summed E-state index contributed by atoms with van der Waals surface area (Å²) >= 11 is 0. The van der Waals surface area contributed by atoms with Crippen LogP contribution in [0.1, 0.15) is 29.0 Å². The molecule has 0 bridgehead atoms. The number of benzene rings is 6. The van der Waals surface area contributed by atoms with E-state index in [1.807, 2.05) is 12.1 Å². The summed E-state index contributed by atoms with van der Waals surface area (Å²) in [6.45, 7) is 0. The summed E-state index contributed by atoms with van der Waals surface area (Å²) in [5, 5.41) is 9.86. The van der Waals surface area contributed by atoms with E-state index in [0.717, 1.165) is 22.6 Å². The number of aliphatic imine (C=N–C) groups is 1. The van der Waals surface area contributed by atoms with Crippen LogP contribution in [0.4, 0.5) is 0 Å². The molecule has 4 nitrogen and oxygen atoms in total. The van der Waals surface area contributed by atoms with E-state index in [1.54, 1.807) is 0 Å². The molecule has 206 valence electrons. The van der Waals surface area contributed by atoms with Gasteiger partial charge in [0.15, 0.2) is 0 Å². The minimum Gasteiger partial charge on any atom is -0.350 e. The molecule has 1 aliphatic rings. The van der Waals surface area contributed by atoms with Crippen LogP contribution in [-0.2, 0) is 0 Å². The predicted octanol–water partition coefficient (Wildman–Crippen LogP) is 8.79. The number of para-hydroxylation sites is 1. The van der Waals surface area contributed by atoms with Gasteiger partial charge in [-0.2, -0.15) is 0 Å². The standard InChI is InChI=1S/C39H30N4/c1-4-13-27(14-5-1)30-23-24-36-34(26-30)33-21-10-11-22-35(33)43(36)32-20-12-19-31(25-32)39-41-37(28-15-6-2-7-16-28)40-38(42-39)29-17-8-3-9-18-29/h1-26,37-38,40H,(H,41,42). The Kier molecular flexibility index (Phi) is 6.32. The molecule has 7 aromatic rings. The smallest absolute Gasteiger partial charge is 0.131 e. The molecule has 0 amide bonds. The number of hydrogen-bond acceptors (Lipinski definition) is 3. The van der Waals surface area contributed by atoms with Gasteiger partial charge in [0.05, 0.1) is 11.0 Å². The molecule has 0 aliphatic carbocycles. The first-order chi connectivity index (χ1) is 21.3. The fourth-order valence-corrected chi connectivity index (χ4v) is 6.18. The number of nitrogens with zero attached hydrogens (tertiary/aromatic N) is 2. The van der Waals surface area contributed by atoms with E-state index in [9.17, 15) is 0 Å². The summed E-state index contributed by atoms with van der Waals surface area (Å²) in [7, 11) is 0. The van der Waals surface area contributed by atoms with Crippen molar-refractivity contribution < 1.29 is 0 Å². The lowest BCUT2D eigenvalue weighted by atomic mass is 10.0. The average molecular weight is 555 g/mol. The molecule has 6 aromatic carbocycles. The zero-order valence-corrected chi connectivity index (χ0v) is 23.6. The van der Waals surface area contributed by atoms with Gasteiger partial charge in [-0.15, -0.1) is 0 Å². The van der Waals surface area contributed by atoms with Gasteiger partial charge in [0, 0.05) is 22.0 Å². The van der Waals surface area contributed by atoms with E-state index in [-0.39, 0.29) is 12.3 Å². The van der Waals surface area contributed by atoms with Crippen molar-refractivity contribution in [3.05, 3.63) is 174 Å². The summed E-state index contributed by atoms with van der Waals surface area (Å²) < 4.78 is 2.37. The monoisotopic (exact) mass is 554 g/mol. The number of hydrogen-bond donors (Lipinski definition) is 2. The van der Waals surface area contributed by atoms with Crippen LogP contribution < -0.4 is 10.6 Å². The number of amidine groups is 1. The molecule has 0 radical (unpaired) electrons. The molecule has 0 spiro atoms. The van der Waals surface area contributed by atoms with Crippen molar-refractivity contribution in [1.82, 2.24) is 15.2 Å². The normalized spacial score (nSPS) is 16.6. The van der Waals surface area contributed by atoms with Crippen LogP contribution in [0.5, 0.6) is 0 Å². The summed E-state index contributed by atoms with van der Waals surface area (Å²) in [5.41, 5.74) is 9.27. The van der Waals surface area contributed by atoms with Gasteiger partial charge in [0.2, 0.25) is 0 Å². The maximum absolute atomic E-state index is 5.18. The first-order valence-corrected chi connectivity index (χ1v) is 14.7. The van der Waals surface area contributed by atoms with Crippen molar-refractivity contribution in [3.8, 4) is 16.8 Å². The summed E-state index contributed by atoms with van der Waals surface area (Å²) in [4.78, 5) is 5.18. The Bertz CT molecular complexity index is 2080. The van der Waals surface area contributed by atoms with Crippen molar-refractivity contribution in [2.45, 2.75) is 12.3 Å². The summed E-state index contributed by atoms with van der Waals surface area (Å²) in [6.07, 6.45) is -0.247. The maximum atomic E-state index is 5.18. The molecule has 1 aromatic heterocycles. The molecule has 2 unspecified atom stereocenters. The van der Waals surface area contributed by atoms with Crippen molar-refractivity contribution in [3.63, 3.8) is 0 Å². The first kappa shape index (κ1) is 25.3. The molecule has 0 saturated heterocycles. The Labute approximate surface area is 251 Å². The highest BCUT2D eigenvalue weighted by molar-refractivity contribution is 6.10. The lowest BCUT2D eigenvalue weighted by Gasteiger charge is -2.32. The Balaban J connectivity index is 1.25. The molecule has 43 heavy (non-hydrogen) atoms. The second-order valence-electron chi connectivity index (χ2n) is 10.9. The van der Waals surface area contributed by atoms with E-state index < -0.39 is 0 Å². The van der Waals surface area contributed by atoms with Crippen molar-refractivity contribution in [1.29, 1.82) is 0 Å². The van der Waals surface area contributed by atoms with Crippen LogP contribution in [0, 0.1) is 0 Å². The van der Waals surface area contributed by atoms with Gasteiger partial charge in [-0.1, -0.05) is 127 Å². The fraction of sp³-hybridized carbons (Fsp3) is 0.0513. The minimum atomic E-state index is -0.170. The Morgan fingerprint density at radius 2 is 1.14 bits per heavy atom. The molecule has 8 rings (SSSR count). The van der Waals surface area contributed by atoms with E-state index >= 15 is 0 Å². The molecular formula is C39H30N4. The van der Waals surface area contributed by atoms with Gasteiger partial charge in [-0.3, -0.25) is 5.32 Å². The quantitative estimate of drug-likeness (QED) is 0.223. The second-order valence-corrected chi connectivity index (χ2v) is 10.9. The summed E-state index contributed by atoms with van der Waals surface area (Å²) in [5.74, 6) is 0.871. The zero-order chi connectivity index (χ0) is 28.6. The van der Waals surface area contributed by atoms with Crippen LogP contribution in [0.15, 0.2) is 163 Å². The highest BCUT2D eigenvalue weighted by Gasteiger charge is 2.25. The van der Waals surface area contributed by atoms with Crippen LogP contribution in [0.25, 0.3) is 38.6 Å². The van der Waals surface area contributed by atoms with Gasteiger partial charge in [0.25, 0.3) is 0 Å². The average Bonchev–Trinajstić information content (AvgIpc) is 3.43. The largest absolute Gasteiger partial charge is 0.350 e. The molecule has 2 heterocycles. The van der Waals surface area contributed by atoms with Gasteiger partial charge in [0.1, 0.15) is 18.2 Å². The lowest BCUT2D eigenvalue weighted by molar-refractivity contribution is 0.409. The van der Waals surface area contributed by atoms with E-state index in [0.29, 0.717) is 0 Å². The third-order valence-corrected chi connectivity index (χ3v) is 8.27. The SMILES string of the molecule is c1ccc(-c2ccc3c(c2)c2ccccc2n3-c2cccc(C3=NC(c4ccccc4)NC(c4ccccc4)N3)c2)cc1. The maximum Gasteiger partial charge on any atom is 0.131 e. The zero-order valence-electron chi connectivity index (χ0n) is 23.6. The molecule has 0 saturated carbocycles. The Hall–Kier alpha value is -5.45. The fourth-order valence-electron chi connectivity index (χ4n) is 6.18. The highest BCUT2D eigenvalue weighted by atomic mass is 15.3. The van der Waals surface area contributed by atoms with Crippen molar-refractivity contribution >= 4 is 27.6 Å². The number of fused-ring (bicyclic) bond motifs is 3. The molecule has 0 fully saturated rings. The second kappa shape index (κ2) is 10.8. The topological polar surface area (TPSA) is 41.4 Å². The number of nitrogens with one attached hydrogen (secondary N) is 2. The highest BCUT2D eigenvalue weighted by Crippen LogP contribution is 2.35. The van der Waals surface area contributed by atoms with E-state index in [4.69, 9.17) is 4.99 Å². The van der Waals surface area contributed by atoms with Crippen LogP contribution >= 0.6 is 0 Å². The van der Waals surface area contributed by atoms with Crippen molar-refractivity contribution in [2.24, 2.45) is 4.99 Å². The molecule has 2 atom stereocenters. The van der Waals surface area contributed by atoms with Gasteiger partial charge >= 0.3 is 0 Å². The van der Waals surface area contributed by atoms with Gasteiger partial charge < -0.3 is 9.88 Å². The van der Waals surface area contributed by atoms with E-state index in [2.05, 4.69) is 161 Å². The van der Waals surface area contributed by atoms with Crippen LogP contribution in [0.2, 0.25) is 0 Å². The molecule has 4 heteroatoms. The summed E-state index contributed by atoms with van der Waals surface area (Å²) in [6, 6.07) is 55.7. The van der Waals surface area contributed by atoms with Gasteiger partial charge in [-0.05, 0) is 52.6 Å². The van der Waals surface area contributed by atoms with Gasteiger partial charge in [-0.25, -0.2) is 4.99 Å². The lowest BCUT2D eigenvalue weighted by Crippen LogP contribution is -2.44. The number of aromatic nitrogens is 1. The molecule has 1 aliphatic heterocycles.